The van der Waals surface area contributed by atoms with Gasteiger partial charge in [0, 0.05) is 31.5 Å². The van der Waals surface area contributed by atoms with Crippen LogP contribution in [0.25, 0.3) is 0 Å². The molecule has 4 heteroatoms. The molecule has 1 spiro atoms. The van der Waals surface area contributed by atoms with Gasteiger partial charge in [-0.05, 0) is 32.6 Å². The van der Waals surface area contributed by atoms with Gasteiger partial charge >= 0.3 is 0 Å². The summed E-state index contributed by atoms with van der Waals surface area (Å²) >= 11 is 0. The lowest BCUT2D eigenvalue weighted by atomic mass is 9.89. The Morgan fingerprint density at radius 1 is 1.29 bits per heavy atom. The number of rotatable bonds is 5. The Labute approximate surface area is 104 Å². The fourth-order valence-corrected chi connectivity index (χ4v) is 2.89. The smallest absolute Gasteiger partial charge is 0.168 e. The van der Waals surface area contributed by atoms with E-state index in [0.717, 1.165) is 51.7 Å². The van der Waals surface area contributed by atoms with E-state index >= 15 is 0 Å². The molecule has 2 aliphatic rings. The number of aliphatic hydroxyl groups excluding tert-OH is 1. The largest absolute Gasteiger partial charge is 0.396 e. The summed E-state index contributed by atoms with van der Waals surface area (Å²) in [7, 11) is 0. The molecule has 2 N–H and O–H groups in total. The van der Waals surface area contributed by atoms with Gasteiger partial charge in [0.15, 0.2) is 5.79 Å². The van der Waals surface area contributed by atoms with Crippen LogP contribution in [-0.2, 0) is 9.47 Å². The normalized spacial score (nSPS) is 26.5. The van der Waals surface area contributed by atoms with E-state index in [0.29, 0.717) is 18.7 Å². The standard InChI is InChI=1S/C13H25NO3/c1-11(3-2-8-15)14-12-4-6-13(7-5-12)16-9-10-17-13/h11-12,14-15H,2-10H2,1H3. The van der Waals surface area contributed by atoms with Gasteiger partial charge in [-0.25, -0.2) is 0 Å². The highest BCUT2D eigenvalue weighted by Crippen LogP contribution is 2.35. The molecule has 0 aromatic rings. The number of nitrogens with one attached hydrogen (secondary N) is 1. The molecular weight excluding hydrogens is 218 g/mol. The lowest BCUT2D eigenvalue weighted by Crippen LogP contribution is -2.44. The molecule has 1 unspecified atom stereocenters. The highest BCUT2D eigenvalue weighted by molar-refractivity contribution is 4.86. The fourth-order valence-electron chi connectivity index (χ4n) is 2.89. The van der Waals surface area contributed by atoms with Gasteiger partial charge in [0.05, 0.1) is 13.2 Å². The maximum absolute atomic E-state index is 8.80. The van der Waals surface area contributed by atoms with E-state index in [2.05, 4.69) is 12.2 Å². The topological polar surface area (TPSA) is 50.7 Å². The van der Waals surface area contributed by atoms with E-state index < -0.39 is 0 Å². The van der Waals surface area contributed by atoms with Crippen LogP contribution in [0, 0.1) is 0 Å². The molecule has 0 aromatic carbocycles. The van der Waals surface area contributed by atoms with Crippen molar-refractivity contribution < 1.29 is 14.6 Å². The van der Waals surface area contributed by atoms with Crippen molar-refractivity contribution in [1.82, 2.24) is 5.32 Å². The van der Waals surface area contributed by atoms with E-state index in [1.807, 2.05) is 0 Å². The maximum atomic E-state index is 8.80. The summed E-state index contributed by atoms with van der Waals surface area (Å²) in [4.78, 5) is 0. The Morgan fingerprint density at radius 2 is 1.94 bits per heavy atom. The summed E-state index contributed by atoms with van der Waals surface area (Å²) < 4.78 is 11.4. The molecule has 1 atom stereocenters. The summed E-state index contributed by atoms with van der Waals surface area (Å²) in [5, 5.41) is 12.4. The molecule has 0 radical (unpaired) electrons. The molecule has 17 heavy (non-hydrogen) atoms. The first-order chi connectivity index (χ1) is 8.24. The Morgan fingerprint density at radius 3 is 2.53 bits per heavy atom. The minimum Gasteiger partial charge on any atom is -0.396 e. The van der Waals surface area contributed by atoms with Crippen molar-refractivity contribution in [1.29, 1.82) is 0 Å². The number of hydrogen-bond donors (Lipinski definition) is 2. The lowest BCUT2D eigenvalue weighted by molar-refractivity contribution is -0.179. The second-order valence-corrected chi connectivity index (χ2v) is 5.32. The second kappa shape index (κ2) is 6.14. The predicted octanol–water partition coefficient (Wildman–Crippen LogP) is 1.42. The monoisotopic (exact) mass is 243 g/mol. The zero-order chi connectivity index (χ0) is 12.1. The molecule has 1 heterocycles. The minimum atomic E-state index is -0.244. The zero-order valence-corrected chi connectivity index (χ0v) is 10.8. The van der Waals surface area contributed by atoms with Crippen molar-refractivity contribution in [2.45, 2.75) is 63.3 Å². The molecule has 1 aliphatic carbocycles. The zero-order valence-electron chi connectivity index (χ0n) is 10.8. The number of hydrogen-bond acceptors (Lipinski definition) is 4. The van der Waals surface area contributed by atoms with Crippen LogP contribution in [0.1, 0.15) is 45.4 Å². The third-order valence-corrected chi connectivity index (χ3v) is 3.88. The Kier molecular flexibility index (Phi) is 4.79. The SMILES string of the molecule is CC(CCCO)NC1CCC2(CC1)OCCO2. The van der Waals surface area contributed by atoms with Gasteiger partial charge < -0.3 is 19.9 Å². The molecule has 0 aromatic heterocycles. The lowest BCUT2D eigenvalue weighted by Gasteiger charge is -2.36. The van der Waals surface area contributed by atoms with Gasteiger partial charge in [-0.3, -0.25) is 0 Å². The van der Waals surface area contributed by atoms with Crippen LogP contribution < -0.4 is 5.32 Å². The van der Waals surface area contributed by atoms with Crippen molar-refractivity contribution in [2.75, 3.05) is 19.8 Å². The van der Waals surface area contributed by atoms with Crippen LogP contribution in [0.3, 0.4) is 0 Å². The maximum Gasteiger partial charge on any atom is 0.168 e. The minimum absolute atomic E-state index is 0.244. The third kappa shape index (κ3) is 3.65. The van der Waals surface area contributed by atoms with Crippen LogP contribution in [0.15, 0.2) is 0 Å². The molecule has 1 saturated carbocycles. The van der Waals surface area contributed by atoms with Crippen molar-refractivity contribution >= 4 is 0 Å². The average Bonchev–Trinajstić information content (AvgIpc) is 2.79. The van der Waals surface area contributed by atoms with E-state index in [9.17, 15) is 0 Å². The van der Waals surface area contributed by atoms with E-state index in [1.165, 1.54) is 0 Å². The first-order valence-electron chi connectivity index (χ1n) is 6.89. The van der Waals surface area contributed by atoms with Gasteiger partial charge in [0.25, 0.3) is 0 Å². The van der Waals surface area contributed by atoms with Gasteiger partial charge in [0.2, 0.25) is 0 Å². The van der Waals surface area contributed by atoms with Crippen molar-refractivity contribution in [3.63, 3.8) is 0 Å². The molecule has 1 aliphatic heterocycles. The average molecular weight is 243 g/mol. The van der Waals surface area contributed by atoms with Gasteiger partial charge in [-0.2, -0.15) is 0 Å². The Balaban J connectivity index is 1.68. The van der Waals surface area contributed by atoms with Gasteiger partial charge in [-0.15, -0.1) is 0 Å². The molecule has 2 rings (SSSR count). The van der Waals surface area contributed by atoms with Crippen LogP contribution in [-0.4, -0.2) is 42.8 Å². The summed E-state index contributed by atoms with van der Waals surface area (Å²) in [6.07, 6.45) is 6.21. The van der Waals surface area contributed by atoms with Crippen LogP contribution >= 0.6 is 0 Å². The molecule has 4 nitrogen and oxygen atoms in total. The second-order valence-electron chi connectivity index (χ2n) is 5.32. The molecule has 0 amide bonds. The summed E-state index contributed by atoms with van der Waals surface area (Å²) in [6.45, 7) is 4.00. The fraction of sp³-hybridized carbons (Fsp3) is 1.00. The summed E-state index contributed by atoms with van der Waals surface area (Å²) in [6, 6.07) is 1.08. The first kappa shape index (κ1) is 13.3. The highest BCUT2D eigenvalue weighted by atomic mass is 16.7. The molecule has 100 valence electrons. The number of ether oxygens (including phenoxy) is 2. The molecule has 1 saturated heterocycles. The van der Waals surface area contributed by atoms with Crippen molar-refractivity contribution in [3.05, 3.63) is 0 Å². The molecule has 2 fully saturated rings. The summed E-state index contributed by atoms with van der Waals surface area (Å²) in [5.74, 6) is -0.244. The van der Waals surface area contributed by atoms with E-state index in [-0.39, 0.29) is 5.79 Å². The van der Waals surface area contributed by atoms with Gasteiger partial charge in [0.1, 0.15) is 0 Å². The molecular formula is C13H25NO3. The van der Waals surface area contributed by atoms with Crippen LogP contribution in [0.4, 0.5) is 0 Å². The quantitative estimate of drug-likeness (QED) is 0.767. The summed E-state index contributed by atoms with van der Waals surface area (Å²) in [5.41, 5.74) is 0. The van der Waals surface area contributed by atoms with Crippen molar-refractivity contribution in [3.8, 4) is 0 Å². The Bertz CT molecular complexity index is 219. The highest BCUT2D eigenvalue weighted by Gasteiger charge is 2.40. The van der Waals surface area contributed by atoms with Crippen molar-refractivity contribution in [2.24, 2.45) is 0 Å². The third-order valence-electron chi connectivity index (χ3n) is 3.88. The van der Waals surface area contributed by atoms with Crippen LogP contribution in [0.5, 0.6) is 0 Å². The van der Waals surface area contributed by atoms with Gasteiger partial charge in [-0.1, -0.05) is 0 Å². The van der Waals surface area contributed by atoms with E-state index in [1.54, 1.807) is 0 Å². The Hall–Kier alpha value is -0.160. The number of aliphatic hydroxyl groups is 1. The first-order valence-corrected chi connectivity index (χ1v) is 6.89. The van der Waals surface area contributed by atoms with Crippen LogP contribution in [0.2, 0.25) is 0 Å². The molecule has 0 bridgehead atoms. The predicted molar refractivity (Wildman–Crippen MR) is 65.8 cm³/mol. The van der Waals surface area contributed by atoms with E-state index in [4.69, 9.17) is 14.6 Å².